The lowest BCUT2D eigenvalue weighted by Gasteiger charge is -2.33. The summed E-state index contributed by atoms with van der Waals surface area (Å²) in [6.07, 6.45) is 2.62. The number of aliphatic hydroxyl groups excluding tert-OH is 1. The average Bonchev–Trinajstić information content (AvgIpc) is 2.42. The zero-order valence-corrected chi connectivity index (χ0v) is 10.5. The van der Waals surface area contributed by atoms with Gasteiger partial charge < -0.3 is 14.6 Å². The molecule has 3 nitrogen and oxygen atoms in total. The van der Waals surface area contributed by atoms with Crippen LogP contribution in [0.15, 0.2) is 24.3 Å². The van der Waals surface area contributed by atoms with Crippen molar-refractivity contribution < 1.29 is 14.6 Å². The van der Waals surface area contributed by atoms with E-state index in [1.165, 1.54) is 5.56 Å². The van der Waals surface area contributed by atoms with E-state index in [9.17, 15) is 5.11 Å². The first-order valence-corrected chi connectivity index (χ1v) is 6.82. The highest BCUT2D eigenvalue weighted by Crippen LogP contribution is 2.38. The molecule has 0 bridgehead atoms. The summed E-state index contributed by atoms with van der Waals surface area (Å²) in [5, 5.41) is 10.0. The van der Waals surface area contributed by atoms with Crippen LogP contribution in [0.1, 0.15) is 30.7 Å². The Morgan fingerprint density at radius 3 is 2.94 bits per heavy atom. The van der Waals surface area contributed by atoms with E-state index in [-0.39, 0.29) is 12.0 Å². The summed E-state index contributed by atoms with van der Waals surface area (Å²) >= 11 is 0. The molecule has 3 unspecified atom stereocenters. The summed E-state index contributed by atoms with van der Waals surface area (Å²) in [5.74, 6) is 1.78. The Hall–Kier alpha value is -1.06. The molecule has 1 aromatic rings. The van der Waals surface area contributed by atoms with Crippen LogP contribution in [-0.4, -0.2) is 31.0 Å². The second-order valence-electron chi connectivity index (χ2n) is 5.30. The SMILES string of the molecule is OC1CCOCC1CC1CCOc2ccccc21. The first-order chi connectivity index (χ1) is 8.84. The van der Waals surface area contributed by atoms with Crippen molar-refractivity contribution in [3.05, 3.63) is 29.8 Å². The maximum Gasteiger partial charge on any atom is 0.122 e. The number of hydrogen-bond donors (Lipinski definition) is 1. The summed E-state index contributed by atoms with van der Waals surface area (Å²) in [6, 6.07) is 8.26. The average molecular weight is 248 g/mol. The van der Waals surface area contributed by atoms with Gasteiger partial charge in [-0.05, 0) is 36.8 Å². The maximum atomic E-state index is 10.0. The van der Waals surface area contributed by atoms with Gasteiger partial charge in [-0.3, -0.25) is 0 Å². The van der Waals surface area contributed by atoms with Crippen molar-refractivity contribution in [2.24, 2.45) is 5.92 Å². The minimum Gasteiger partial charge on any atom is -0.493 e. The predicted octanol–water partition coefficient (Wildman–Crippen LogP) is 2.34. The van der Waals surface area contributed by atoms with Gasteiger partial charge in [0.25, 0.3) is 0 Å². The topological polar surface area (TPSA) is 38.7 Å². The number of rotatable bonds is 2. The van der Waals surface area contributed by atoms with Gasteiger partial charge in [-0.2, -0.15) is 0 Å². The van der Waals surface area contributed by atoms with Crippen LogP contribution in [0.5, 0.6) is 5.75 Å². The highest BCUT2D eigenvalue weighted by atomic mass is 16.5. The number of aliphatic hydroxyl groups is 1. The fourth-order valence-electron chi connectivity index (χ4n) is 3.04. The Morgan fingerprint density at radius 1 is 1.17 bits per heavy atom. The molecule has 2 aliphatic rings. The Balaban J connectivity index is 1.73. The molecule has 0 spiro atoms. The van der Waals surface area contributed by atoms with Gasteiger partial charge in [0, 0.05) is 12.5 Å². The summed E-state index contributed by atoms with van der Waals surface area (Å²) in [6.45, 7) is 2.17. The summed E-state index contributed by atoms with van der Waals surface area (Å²) in [7, 11) is 0. The normalized spacial score (nSPS) is 31.5. The van der Waals surface area contributed by atoms with E-state index in [2.05, 4.69) is 12.1 Å². The molecule has 2 heterocycles. The molecule has 1 aromatic carbocycles. The van der Waals surface area contributed by atoms with Crippen LogP contribution in [-0.2, 0) is 4.74 Å². The summed E-state index contributed by atoms with van der Waals surface area (Å²) < 4.78 is 11.2. The molecular weight excluding hydrogens is 228 g/mol. The van der Waals surface area contributed by atoms with E-state index in [0.29, 0.717) is 19.1 Å². The molecule has 1 fully saturated rings. The lowest BCUT2D eigenvalue weighted by Crippen LogP contribution is -2.33. The molecule has 0 amide bonds. The maximum absolute atomic E-state index is 10.0. The van der Waals surface area contributed by atoms with Crippen molar-refractivity contribution in [2.45, 2.75) is 31.3 Å². The number of ether oxygens (including phenoxy) is 2. The van der Waals surface area contributed by atoms with Crippen molar-refractivity contribution in [1.82, 2.24) is 0 Å². The molecule has 3 atom stereocenters. The van der Waals surface area contributed by atoms with Crippen LogP contribution in [0.3, 0.4) is 0 Å². The van der Waals surface area contributed by atoms with Crippen LogP contribution in [0.25, 0.3) is 0 Å². The molecule has 0 saturated carbocycles. The molecule has 0 aliphatic carbocycles. The molecule has 18 heavy (non-hydrogen) atoms. The molecule has 1 N–H and O–H groups in total. The van der Waals surface area contributed by atoms with E-state index >= 15 is 0 Å². The molecule has 98 valence electrons. The van der Waals surface area contributed by atoms with Crippen LogP contribution < -0.4 is 4.74 Å². The minimum atomic E-state index is -0.200. The third-order valence-corrected chi connectivity index (χ3v) is 4.10. The second-order valence-corrected chi connectivity index (χ2v) is 5.30. The minimum absolute atomic E-state index is 0.200. The monoisotopic (exact) mass is 248 g/mol. The van der Waals surface area contributed by atoms with Crippen molar-refractivity contribution >= 4 is 0 Å². The van der Waals surface area contributed by atoms with E-state index in [1.54, 1.807) is 0 Å². The first kappa shape index (κ1) is 12.0. The highest BCUT2D eigenvalue weighted by molar-refractivity contribution is 5.37. The van der Waals surface area contributed by atoms with Crippen LogP contribution in [0, 0.1) is 5.92 Å². The third kappa shape index (κ3) is 2.38. The summed E-state index contributed by atoms with van der Waals surface area (Å²) in [5.41, 5.74) is 1.29. The van der Waals surface area contributed by atoms with E-state index in [0.717, 1.165) is 31.6 Å². The number of hydrogen-bond acceptors (Lipinski definition) is 3. The van der Waals surface area contributed by atoms with Gasteiger partial charge in [-0.25, -0.2) is 0 Å². The van der Waals surface area contributed by atoms with E-state index in [1.807, 2.05) is 12.1 Å². The largest absolute Gasteiger partial charge is 0.493 e. The summed E-state index contributed by atoms with van der Waals surface area (Å²) in [4.78, 5) is 0. The van der Waals surface area contributed by atoms with Crippen LogP contribution >= 0.6 is 0 Å². The zero-order chi connectivity index (χ0) is 12.4. The second kappa shape index (κ2) is 5.29. The smallest absolute Gasteiger partial charge is 0.122 e. The molecular formula is C15H20O3. The Bertz CT molecular complexity index is 404. The van der Waals surface area contributed by atoms with Crippen LogP contribution in [0.2, 0.25) is 0 Å². The molecule has 3 rings (SSSR count). The Morgan fingerprint density at radius 2 is 2.06 bits per heavy atom. The van der Waals surface area contributed by atoms with Gasteiger partial charge >= 0.3 is 0 Å². The number of para-hydroxylation sites is 1. The number of fused-ring (bicyclic) bond motifs is 1. The Labute approximate surface area is 108 Å². The van der Waals surface area contributed by atoms with Gasteiger partial charge in [-0.1, -0.05) is 18.2 Å². The molecule has 0 aromatic heterocycles. The molecule has 2 aliphatic heterocycles. The van der Waals surface area contributed by atoms with Crippen molar-refractivity contribution in [1.29, 1.82) is 0 Å². The lowest BCUT2D eigenvalue weighted by molar-refractivity contribution is -0.0415. The van der Waals surface area contributed by atoms with Gasteiger partial charge in [0.15, 0.2) is 0 Å². The van der Waals surface area contributed by atoms with Gasteiger partial charge in [0.05, 0.1) is 19.3 Å². The van der Waals surface area contributed by atoms with Crippen molar-refractivity contribution in [3.63, 3.8) is 0 Å². The molecule has 1 saturated heterocycles. The van der Waals surface area contributed by atoms with Crippen LogP contribution in [0.4, 0.5) is 0 Å². The van der Waals surface area contributed by atoms with Gasteiger partial charge in [-0.15, -0.1) is 0 Å². The highest BCUT2D eigenvalue weighted by Gasteiger charge is 2.29. The molecule has 3 heteroatoms. The zero-order valence-electron chi connectivity index (χ0n) is 10.5. The number of benzene rings is 1. The third-order valence-electron chi connectivity index (χ3n) is 4.10. The fourth-order valence-corrected chi connectivity index (χ4v) is 3.04. The van der Waals surface area contributed by atoms with Gasteiger partial charge in [0.2, 0.25) is 0 Å². The fraction of sp³-hybridized carbons (Fsp3) is 0.600. The standard InChI is InChI=1S/C15H20O3/c16-14-6-7-17-10-12(14)9-11-5-8-18-15-4-2-1-3-13(11)15/h1-4,11-12,14,16H,5-10H2. The van der Waals surface area contributed by atoms with E-state index in [4.69, 9.17) is 9.47 Å². The quantitative estimate of drug-likeness (QED) is 0.873. The predicted molar refractivity (Wildman–Crippen MR) is 68.8 cm³/mol. The molecule has 0 radical (unpaired) electrons. The van der Waals surface area contributed by atoms with Crippen molar-refractivity contribution in [2.75, 3.05) is 19.8 Å². The first-order valence-electron chi connectivity index (χ1n) is 6.82. The van der Waals surface area contributed by atoms with Crippen molar-refractivity contribution in [3.8, 4) is 5.75 Å². The van der Waals surface area contributed by atoms with E-state index < -0.39 is 0 Å². The lowest BCUT2D eigenvalue weighted by atomic mass is 9.82. The van der Waals surface area contributed by atoms with Gasteiger partial charge in [0.1, 0.15) is 5.75 Å². The Kier molecular flexibility index (Phi) is 3.52.